The normalized spacial score (nSPS) is 18.0. The molecule has 2 N–H and O–H groups in total. The van der Waals surface area contributed by atoms with Gasteiger partial charge in [-0.2, -0.15) is 0 Å². The van der Waals surface area contributed by atoms with E-state index in [0.717, 1.165) is 31.5 Å². The summed E-state index contributed by atoms with van der Waals surface area (Å²) in [5.41, 5.74) is 6.25. The Morgan fingerprint density at radius 1 is 1.41 bits per heavy atom. The van der Waals surface area contributed by atoms with Crippen LogP contribution in [0.4, 0.5) is 4.79 Å². The van der Waals surface area contributed by atoms with Gasteiger partial charge >= 0.3 is 6.09 Å². The Bertz CT molecular complexity index is 286. The van der Waals surface area contributed by atoms with E-state index in [4.69, 9.17) is 10.5 Å². The van der Waals surface area contributed by atoms with Crippen molar-refractivity contribution < 1.29 is 9.53 Å². The maximum atomic E-state index is 11.8. The van der Waals surface area contributed by atoms with Gasteiger partial charge in [0.25, 0.3) is 0 Å². The van der Waals surface area contributed by atoms with Crippen LogP contribution in [0.25, 0.3) is 0 Å². The number of ether oxygens (including phenoxy) is 1. The molecule has 0 unspecified atom stereocenters. The Labute approximate surface area is 104 Å². The van der Waals surface area contributed by atoms with Gasteiger partial charge in [0.15, 0.2) is 0 Å². The van der Waals surface area contributed by atoms with Crippen molar-refractivity contribution in [2.45, 2.75) is 39.2 Å². The third-order valence-corrected chi connectivity index (χ3v) is 2.99. The highest BCUT2D eigenvalue weighted by molar-refractivity contribution is 5.68. The fraction of sp³-hybridized carbons (Fsp3) is 0.769. The Hall–Kier alpha value is -1.03. The number of carbonyl (C=O) groups excluding carboxylic acids is 1. The number of nitrogens with two attached hydrogens (primary N) is 1. The maximum absolute atomic E-state index is 11.8. The second kappa shape index (κ2) is 5.54. The molecule has 98 valence electrons. The van der Waals surface area contributed by atoms with Crippen molar-refractivity contribution in [3.05, 3.63) is 12.2 Å². The fourth-order valence-electron chi connectivity index (χ4n) is 1.96. The first-order valence-corrected chi connectivity index (χ1v) is 6.19. The van der Waals surface area contributed by atoms with Gasteiger partial charge in [-0.25, -0.2) is 4.79 Å². The van der Waals surface area contributed by atoms with Crippen molar-refractivity contribution in [1.82, 2.24) is 4.90 Å². The highest BCUT2D eigenvalue weighted by Crippen LogP contribution is 2.24. The van der Waals surface area contributed by atoms with Crippen LogP contribution >= 0.6 is 0 Å². The van der Waals surface area contributed by atoms with Gasteiger partial charge in [0.2, 0.25) is 0 Å². The molecule has 4 heteroatoms. The Kier molecular flexibility index (Phi) is 4.57. The number of carbonyl (C=O) groups is 1. The summed E-state index contributed by atoms with van der Waals surface area (Å²) >= 11 is 0. The van der Waals surface area contributed by atoms with Crippen molar-refractivity contribution in [3.8, 4) is 0 Å². The zero-order valence-electron chi connectivity index (χ0n) is 11.2. The van der Waals surface area contributed by atoms with Gasteiger partial charge in [0.1, 0.15) is 5.60 Å². The lowest BCUT2D eigenvalue weighted by molar-refractivity contribution is 0.0194. The average Bonchev–Trinajstić information content (AvgIpc) is 2.26. The smallest absolute Gasteiger partial charge is 0.410 e. The molecule has 1 saturated heterocycles. The van der Waals surface area contributed by atoms with E-state index in [1.807, 2.05) is 20.8 Å². The number of nitrogens with zero attached hydrogens (tertiary/aromatic N) is 1. The third kappa shape index (κ3) is 4.38. The van der Waals surface area contributed by atoms with E-state index in [2.05, 4.69) is 6.58 Å². The van der Waals surface area contributed by atoms with Crippen molar-refractivity contribution >= 4 is 6.09 Å². The Morgan fingerprint density at radius 2 is 1.94 bits per heavy atom. The molecule has 0 aromatic rings. The minimum Gasteiger partial charge on any atom is -0.444 e. The van der Waals surface area contributed by atoms with E-state index in [-0.39, 0.29) is 6.09 Å². The number of piperidine rings is 1. The fourth-order valence-corrected chi connectivity index (χ4v) is 1.96. The summed E-state index contributed by atoms with van der Waals surface area (Å²) in [5, 5.41) is 0. The zero-order chi connectivity index (χ0) is 13.1. The molecule has 1 aliphatic rings. The number of amides is 1. The molecule has 1 amide bonds. The predicted molar refractivity (Wildman–Crippen MR) is 68.7 cm³/mol. The Balaban J connectivity index is 2.42. The molecule has 0 saturated carbocycles. The average molecular weight is 240 g/mol. The molecule has 0 spiro atoms. The number of rotatable bonds is 2. The highest BCUT2D eigenvalue weighted by Gasteiger charge is 2.27. The van der Waals surface area contributed by atoms with Crippen molar-refractivity contribution in [2.75, 3.05) is 19.6 Å². The second-order valence-corrected chi connectivity index (χ2v) is 5.60. The number of hydrogen-bond donors (Lipinski definition) is 1. The first-order valence-electron chi connectivity index (χ1n) is 6.19. The number of likely N-dealkylation sites (tertiary alicyclic amines) is 1. The molecular formula is C13H24N2O2. The zero-order valence-corrected chi connectivity index (χ0v) is 11.2. The van der Waals surface area contributed by atoms with Crippen LogP contribution < -0.4 is 5.73 Å². The SMILES string of the molecule is C=C(CN)C1CCN(C(=O)OC(C)(C)C)CC1. The lowest BCUT2D eigenvalue weighted by atomic mass is 9.90. The van der Waals surface area contributed by atoms with E-state index in [1.165, 1.54) is 0 Å². The van der Waals surface area contributed by atoms with Gasteiger partial charge in [-0.1, -0.05) is 12.2 Å². The van der Waals surface area contributed by atoms with Crippen LogP contribution in [0.3, 0.4) is 0 Å². The summed E-state index contributed by atoms with van der Waals surface area (Å²) in [7, 11) is 0. The van der Waals surface area contributed by atoms with E-state index in [9.17, 15) is 4.79 Å². The van der Waals surface area contributed by atoms with E-state index in [0.29, 0.717) is 12.5 Å². The third-order valence-electron chi connectivity index (χ3n) is 2.99. The molecule has 1 heterocycles. The molecule has 0 aromatic heterocycles. The van der Waals surface area contributed by atoms with Crippen LogP contribution in [0, 0.1) is 5.92 Å². The number of hydrogen-bond acceptors (Lipinski definition) is 3. The molecule has 0 bridgehead atoms. The van der Waals surface area contributed by atoms with Crippen LogP contribution in [-0.2, 0) is 4.74 Å². The lowest BCUT2D eigenvalue weighted by Crippen LogP contribution is -2.42. The largest absolute Gasteiger partial charge is 0.444 e. The monoisotopic (exact) mass is 240 g/mol. The minimum atomic E-state index is -0.422. The first-order chi connectivity index (χ1) is 7.83. The molecule has 0 aromatic carbocycles. The van der Waals surface area contributed by atoms with Crippen molar-refractivity contribution in [1.29, 1.82) is 0 Å². The van der Waals surface area contributed by atoms with Crippen LogP contribution in [-0.4, -0.2) is 36.2 Å². The van der Waals surface area contributed by atoms with E-state index in [1.54, 1.807) is 4.90 Å². The molecule has 0 atom stereocenters. The molecular weight excluding hydrogens is 216 g/mol. The molecule has 1 rings (SSSR count). The maximum Gasteiger partial charge on any atom is 0.410 e. The van der Waals surface area contributed by atoms with Crippen molar-refractivity contribution in [3.63, 3.8) is 0 Å². The van der Waals surface area contributed by atoms with E-state index < -0.39 is 5.60 Å². The summed E-state index contributed by atoms with van der Waals surface area (Å²) in [5.74, 6) is 0.457. The quantitative estimate of drug-likeness (QED) is 0.752. The van der Waals surface area contributed by atoms with Crippen LogP contribution in [0.2, 0.25) is 0 Å². The Morgan fingerprint density at radius 3 is 2.35 bits per heavy atom. The van der Waals surface area contributed by atoms with Crippen LogP contribution in [0.1, 0.15) is 33.6 Å². The standard InChI is InChI=1S/C13H24N2O2/c1-10(9-14)11-5-7-15(8-6-11)12(16)17-13(2,3)4/h11H,1,5-9,14H2,2-4H3. The molecule has 0 radical (unpaired) electrons. The van der Waals surface area contributed by atoms with Crippen LogP contribution in [0.15, 0.2) is 12.2 Å². The molecule has 1 fully saturated rings. The van der Waals surface area contributed by atoms with Gasteiger partial charge in [-0.3, -0.25) is 0 Å². The van der Waals surface area contributed by atoms with Gasteiger partial charge < -0.3 is 15.4 Å². The highest BCUT2D eigenvalue weighted by atomic mass is 16.6. The summed E-state index contributed by atoms with van der Waals surface area (Å²) in [6.45, 7) is 11.6. The van der Waals surface area contributed by atoms with Gasteiger partial charge in [-0.05, 0) is 39.5 Å². The van der Waals surface area contributed by atoms with E-state index >= 15 is 0 Å². The van der Waals surface area contributed by atoms with Gasteiger partial charge in [-0.15, -0.1) is 0 Å². The lowest BCUT2D eigenvalue weighted by Gasteiger charge is -2.34. The summed E-state index contributed by atoms with van der Waals surface area (Å²) < 4.78 is 5.34. The molecule has 0 aliphatic carbocycles. The molecule has 4 nitrogen and oxygen atoms in total. The topological polar surface area (TPSA) is 55.6 Å². The predicted octanol–water partition coefficient (Wildman–Crippen LogP) is 2.15. The second-order valence-electron chi connectivity index (χ2n) is 5.60. The van der Waals surface area contributed by atoms with Gasteiger partial charge in [0, 0.05) is 19.6 Å². The molecule has 1 aliphatic heterocycles. The van der Waals surface area contributed by atoms with Crippen molar-refractivity contribution in [2.24, 2.45) is 11.7 Å². The van der Waals surface area contributed by atoms with Gasteiger partial charge in [0.05, 0.1) is 0 Å². The summed E-state index contributed by atoms with van der Waals surface area (Å²) in [6.07, 6.45) is 1.67. The summed E-state index contributed by atoms with van der Waals surface area (Å²) in [6, 6.07) is 0. The summed E-state index contributed by atoms with van der Waals surface area (Å²) in [4.78, 5) is 13.6. The van der Waals surface area contributed by atoms with Crippen LogP contribution in [0.5, 0.6) is 0 Å². The minimum absolute atomic E-state index is 0.214. The first kappa shape index (κ1) is 14.0. The molecule has 17 heavy (non-hydrogen) atoms.